The summed E-state index contributed by atoms with van der Waals surface area (Å²) in [6.07, 6.45) is 0. The number of rotatable bonds is 3. The molecule has 0 amide bonds. The maximum Gasteiger partial charge on any atom is 0.0416 e. The van der Waals surface area contributed by atoms with E-state index in [4.69, 9.17) is 17.3 Å². The van der Waals surface area contributed by atoms with Gasteiger partial charge in [0, 0.05) is 30.0 Å². The highest BCUT2D eigenvalue weighted by Crippen LogP contribution is 2.35. The highest BCUT2D eigenvalue weighted by atomic mass is 127. The molecule has 2 N–H and O–H groups in total. The van der Waals surface area contributed by atoms with Crippen LogP contribution >= 0.6 is 45.5 Å². The topological polar surface area (TPSA) is 26.0 Å². The number of halogens is 2. The molecule has 96 valence electrons. The first kappa shape index (κ1) is 14.3. The largest absolute Gasteiger partial charge is 0.323 e. The summed E-state index contributed by atoms with van der Waals surface area (Å²) in [5, 5.41) is 0.777. The number of thiophene rings is 1. The average molecular weight is 392 g/mol. The van der Waals surface area contributed by atoms with Gasteiger partial charge in [0.15, 0.2) is 0 Å². The minimum atomic E-state index is 0.119. The van der Waals surface area contributed by atoms with Crippen LogP contribution in [0.2, 0.25) is 5.02 Å². The quantitative estimate of drug-likeness (QED) is 0.703. The molecular weight excluding hydrogens is 377 g/mol. The lowest BCUT2D eigenvalue weighted by Crippen LogP contribution is -2.14. The lowest BCUT2D eigenvalue weighted by molar-refractivity contribution is 0.521. The molecule has 1 aromatic carbocycles. The Kier molecular flexibility index (Phi) is 4.69. The molecule has 0 radical (unpaired) electrons. The molecule has 0 aliphatic carbocycles. The van der Waals surface area contributed by atoms with E-state index in [-0.39, 0.29) is 6.04 Å². The first-order valence-corrected chi connectivity index (χ1v) is 8.07. The second kappa shape index (κ2) is 5.90. The van der Waals surface area contributed by atoms with Crippen LogP contribution in [0.15, 0.2) is 30.3 Å². The monoisotopic (exact) mass is 391 g/mol. The van der Waals surface area contributed by atoms with Gasteiger partial charge in [0.05, 0.1) is 0 Å². The molecule has 0 saturated carbocycles. The number of hydrogen-bond acceptors (Lipinski definition) is 2. The molecule has 18 heavy (non-hydrogen) atoms. The first-order valence-electron chi connectivity index (χ1n) is 5.79. The number of benzene rings is 1. The van der Waals surface area contributed by atoms with Crippen LogP contribution in [0.3, 0.4) is 0 Å². The van der Waals surface area contributed by atoms with Crippen molar-refractivity contribution >= 4 is 45.5 Å². The molecule has 0 saturated heterocycles. The summed E-state index contributed by atoms with van der Waals surface area (Å²) >= 11 is 10.1. The molecule has 0 aliphatic heterocycles. The highest BCUT2D eigenvalue weighted by Gasteiger charge is 2.14. The fourth-order valence-corrected chi connectivity index (χ4v) is 4.26. The van der Waals surface area contributed by atoms with Crippen LogP contribution in [0.1, 0.15) is 24.8 Å². The zero-order valence-electron chi connectivity index (χ0n) is 10.3. The Hall–Kier alpha value is -0.100. The van der Waals surface area contributed by atoms with Crippen LogP contribution in [0.4, 0.5) is 0 Å². The Labute approximate surface area is 130 Å². The third-order valence-corrected chi connectivity index (χ3v) is 5.22. The Morgan fingerprint density at radius 3 is 2.56 bits per heavy atom. The lowest BCUT2D eigenvalue weighted by Gasteiger charge is -2.13. The summed E-state index contributed by atoms with van der Waals surface area (Å²) in [7, 11) is 0. The van der Waals surface area contributed by atoms with Crippen LogP contribution in [-0.2, 0) is 0 Å². The third kappa shape index (κ3) is 3.07. The zero-order valence-corrected chi connectivity index (χ0v) is 14.0. The van der Waals surface area contributed by atoms with E-state index in [0.717, 1.165) is 5.02 Å². The van der Waals surface area contributed by atoms with Gasteiger partial charge in [0.2, 0.25) is 0 Å². The van der Waals surface area contributed by atoms with E-state index >= 15 is 0 Å². The molecule has 0 spiro atoms. The summed E-state index contributed by atoms with van der Waals surface area (Å²) in [5.41, 5.74) is 7.41. The van der Waals surface area contributed by atoms with Gasteiger partial charge in [-0.3, -0.25) is 0 Å². The molecule has 1 aromatic heterocycles. The van der Waals surface area contributed by atoms with E-state index in [1.807, 2.05) is 12.1 Å². The maximum absolute atomic E-state index is 6.18. The minimum Gasteiger partial charge on any atom is -0.323 e. The molecule has 0 fully saturated rings. The van der Waals surface area contributed by atoms with Gasteiger partial charge in [0.1, 0.15) is 0 Å². The van der Waals surface area contributed by atoms with Crippen molar-refractivity contribution in [2.45, 2.75) is 19.9 Å². The molecule has 4 heteroatoms. The average Bonchev–Trinajstić information content (AvgIpc) is 2.77. The van der Waals surface area contributed by atoms with Gasteiger partial charge in [-0.05, 0) is 52.8 Å². The highest BCUT2D eigenvalue weighted by molar-refractivity contribution is 14.1. The predicted molar refractivity (Wildman–Crippen MR) is 89.2 cm³/mol. The zero-order chi connectivity index (χ0) is 13.3. The fourth-order valence-electron chi connectivity index (χ4n) is 1.69. The van der Waals surface area contributed by atoms with E-state index < -0.39 is 0 Å². The molecule has 1 atom stereocenters. The third-order valence-electron chi connectivity index (χ3n) is 2.87. The van der Waals surface area contributed by atoms with Crippen molar-refractivity contribution in [2.75, 3.05) is 0 Å². The molecule has 0 bridgehead atoms. The summed E-state index contributed by atoms with van der Waals surface area (Å²) in [4.78, 5) is 2.49. The Morgan fingerprint density at radius 1 is 1.22 bits per heavy atom. The van der Waals surface area contributed by atoms with Gasteiger partial charge >= 0.3 is 0 Å². The molecule has 0 aliphatic rings. The lowest BCUT2D eigenvalue weighted by atomic mass is 10.0. The van der Waals surface area contributed by atoms with E-state index in [9.17, 15) is 0 Å². The molecule has 2 rings (SSSR count). The van der Waals surface area contributed by atoms with Crippen LogP contribution in [0.5, 0.6) is 0 Å². The summed E-state index contributed by atoms with van der Waals surface area (Å²) in [5.74, 6) is 0.459. The van der Waals surface area contributed by atoms with Crippen molar-refractivity contribution in [1.82, 2.24) is 0 Å². The minimum absolute atomic E-state index is 0.119. The Morgan fingerprint density at radius 2 is 1.94 bits per heavy atom. The van der Waals surface area contributed by atoms with Crippen LogP contribution in [-0.4, -0.2) is 0 Å². The van der Waals surface area contributed by atoms with Crippen molar-refractivity contribution in [2.24, 2.45) is 11.7 Å². The van der Waals surface area contributed by atoms with Gasteiger partial charge in [-0.1, -0.05) is 31.5 Å². The Balaban J connectivity index is 2.35. The summed E-state index contributed by atoms with van der Waals surface area (Å²) < 4.78 is 1.17. The maximum atomic E-state index is 6.18. The number of nitrogens with two attached hydrogens (primary N) is 1. The first-order chi connectivity index (χ1) is 8.49. The second-order valence-corrected chi connectivity index (χ2v) is 7.31. The fraction of sp³-hybridized carbons (Fsp3) is 0.286. The van der Waals surface area contributed by atoms with E-state index in [2.05, 4.69) is 54.6 Å². The van der Waals surface area contributed by atoms with E-state index in [0.29, 0.717) is 5.92 Å². The van der Waals surface area contributed by atoms with Gasteiger partial charge in [-0.25, -0.2) is 0 Å². The van der Waals surface area contributed by atoms with E-state index in [1.54, 1.807) is 11.3 Å². The van der Waals surface area contributed by atoms with Gasteiger partial charge in [0.25, 0.3) is 0 Å². The van der Waals surface area contributed by atoms with Crippen molar-refractivity contribution in [3.05, 3.63) is 43.8 Å². The van der Waals surface area contributed by atoms with Crippen molar-refractivity contribution in [1.29, 1.82) is 0 Å². The normalized spacial score (nSPS) is 13.0. The molecule has 1 heterocycles. The van der Waals surface area contributed by atoms with Crippen molar-refractivity contribution < 1.29 is 0 Å². The van der Waals surface area contributed by atoms with Crippen molar-refractivity contribution in [3.8, 4) is 10.4 Å². The summed E-state index contributed by atoms with van der Waals surface area (Å²) in [6, 6.07) is 10.4. The SMILES string of the molecule is CC(C)C(N)c1ccc(-c2ccc(Cl)cc2I)s1. The van der Waals surface area contributed by atoms with Crippen molar-refractivity contribution in [3.63, 3.8) is 0 Å². The molecular formula is C14H15ClINS. The standard InChI is InChI=1S/C14H15ClINS/c1-8(2)14(17)13-6-5-12(18-13)10-4-3-9(15)7-11(10)16/h3-8,14H,17H2,1-2H3. The van der Waals surface area contributed by atoms with Gasteiger partial charge < -0.3 is 5.73 Å². The summed E-state index contributed by atoms with van der Waals surface area (Å²) in [6.45, 7) is 4.30. The molecule has 2 aromatic rings. The Bertz CT molecular complexity index is 550. The van der Waals surface area contributed by atoms with Crippen LogP contribution in [0, 0.1) is 9.49 Å². The molecule has 1 unspecified atom stereocenters. The van der Waals surface area contributed by atoms with Gasteiger partial charge in [-0.15, -0.1) is 11.3 Å². The predicted octanol–water partition coefficient (Wildman–Crippen LogP) is 5.33. The number of hydrogen-bond donors (Lipinski definition) is 1. The molecule has 1 nitrogen and oxygen atoms in total. The van der Waals surface area contributed by atoms with Crippen LogP contribution in [0.25, 0.3) is 10.4 Å². The van der Waals surface area contributed by atoms with Gasteiger partial charge in [-0.2, -0.15) is 0 Å². The second-order valence-electron chi connectivity index (χ2n) is 4.60. The smallest absolute Gasteiger partial charge is 0.0416 e. The van der Waals surface area contributed by atoms with Crippen LogP contribution < -0.4 is 5.73 Å². The van der Waals surface area contributed by atoms with E-state index in [1.165, 1.54) is 18.9 Å².